The minimum Gasteiger partial charge on any atom is -0.325 e. The molecule has 0 aromatic heterocycles. The van der Waals surface area contributed by atoms with Gasteiger partial charge in [-0.15, -0.1) is 0 Å². The summed E-state index contributed by atoms with van der Waals surface area (Å²) in [6.45, 7) is 7.04. The molecule has 1 aromatic rings. The first-order valence-corrected chi connectivity index (χ1v) is 7.66. The Bertz CT molecular complexity index is 441. The molecule has 1 aromatic carbocycles. The average molecular weight is 274 g/mol. The second kappa shape index (κ2) is 6.89. The number of carbonyl (C=O) groups is 1. The molecule has 0 spiro atoms. The van der Waals surface area contributed by atoms with Crippen molar-refractivity contribution in [1.82, 2.24) is 5.32 Å². The van der Waals surface area contributed by atoms with Crippen LogP contribution in [0.25, 0.3) is 0 Å². The van der Waals surface area contributed by atoms with E-state index in [4.69, 9.17) is 0 Å². The van der Waals surface area contributed by atoms with Crippen LogP contribution in [0.4, 0.5) is 5.69 Å². The highest BCUT2D eigenvalue weighted by Crippen LogP contribution is 2.29. The van der Waals surface area contributed by atoms with Crippen molar-refractivity contribution in [3.63, 3.8) is 0 Å². The summed E-state index contributed by atoms with van der Waals surface area (Å²) in [6.07, 6.45) is 3.76. The second-order valence-electron chi connectivity index (χ2n) is 6.17. The summed E-state index contributed by atoms with van der Waals surface area (Å²) in [5.41, 5.74) is 2.07. The first-order valence-electron chi connectivity index (χ1n) is 7.66. The molecule has 3 atom stereocenters. The molecule has 3 nitrogen and oxygen atoms in total. The molecule has 1 saturated carbocycles. The largest absolute Gasteiger partial charge is 0.325 e. The second-order valence-corrected chi connectivity index (χ2v) is 6.17. The van der Waals surface area contributed by atoms with Gasteiger partial charge in [0.25, 0.3) is 0 Å². The van der Waals surface area contributed by atoms with E-state index in [2.05, 4.69) is 24.5 Å². The zero-order valence-electron chi connectivity index (χ0n) is 12.8. The number of anilines is 1. The van der Waals surface area contributed by atoms with E-state index in [0.29, 0.717) is 18.5 Å². The van der Waals surface area contributed by atoms with Gasteiger partial charge in [-0.05, 0) is 37.3 Å². The minimum atomic E-state index is 0.0410. The van der Waals surface area contributed by atoms with Crippen LogP contribution in [0.15, 0.2) is 24.3 Å². The van der Waals surface area contributed by atoms with Crippen LogP contribution < -0.4 is 10.6 Å². The highest BCUT2D eigenvalue weighted by Gasteiger charge is 2.26. The van der Waals surface area contributed by atoms with Gasteiger partial charge in [-0.25, -0.2) is 0 Å². The van der Waals surface area contributed by atoms with Crippen LogP contribution >= 0.6 is 0 Å². The molecule has 0 saturated heterocycles. The first-order chi connectivity index (χ1) is 9.56. The number of amides is 1. The molecular weight excluding hydrogens is 248 g/mol. The fraction of sp³-hybridized carbons (Fsp3) is 0.588. The Morgan fingerprint density at radius 3 is 2.60 bits per heavy atom. The van der Waals surface area contributed by atoms with Crippen molar-refractivity contribution in [2.75, 3.05) is 11.9 Å². The monoisotopic (exact) mass is 274 g/mol. The van der Waals surface area contributed by atoms with Gasteiger partial charge in [0.1, 0.15) is 0 Å². The SMILES string of the molecule is Cc1ccc(NC(=O)CNC2CCCC(C)C2C)cc1. The Hall–Kier alpha value is -1.35. The zero-order valence-corrected chi connectivity index (χ0v) is 12.8. The van der Waals surface area contributed by atoms with Crippen LogP contribution in [0.2, 0.25) is 0 Å². The van der Waals surface area contributed by atoms with Gasteiger partial charge in [-0.3, -0.25) is 4.79 Å². The van der Waals surface area contributed by atoms with Crippen molar-refractivity contribution in [2.45, 2.75) is 46.1 Å². The third kappa shape index (κ3) is 4.07. The molecule has 1 aliphatic carbocycles. The highest BCUT2D eigenvalue weighted by molar-refractivity contribution is 5.92. The summed E-state index contributed by atoms with van der Waals surface area (Å²) in [4.78, 5) is 12.0. The third-order valence-corrected chi connectivity index (χ3v) is 4.57. The summed E-state index contributed by atoms with van der Waals surface area (Å²) < 4.78 is 0. The fourth-order valence-corrected chi connectivity index (χ4v) is 2.94. The van der Waals surface area contributed by atoms with E-state index in [1.54, 1.807) is 0 Å². The van der Waals surface area contributed by atoms with Gasteiger partial charge in [0, 0.05) is 11.7 Å². The predicted octanol–water partition coefficient (Wildman–Crippen LogP) is 3.35. The van der Waals surface area contributed by atoms with Gasteiger partial charge in [0.05, 0.1) is 6.54 Å². The lowest BCUT2D eigenvalue weighted by Crippen LogP contribution is -2.43. The molecule has 0 aliphatic heterocycles. The number of hydrogen-bond acceptors (Lipinski definition) is 2. The molecule has 3 unspecified atom stereocenters. The first kappa shape index (κ1) is 15.0. The Morgan fingerprint density at radius 2 is 1.90 bits per heavy atom. The van der Waals surface area contributed by atoms with E-state index in [-0.39, 0.29) is 5.91 Å². The normalized spacial score (nSPS) is 26.2. The van der Waals surface area contributed by atoms with Crippen LogP contribution in [-0.4, -0.2) is 18.5 Å². The molecule has 2 N–H and O–H groups in total. The molecule has 0 bridgehead atoms. The molecular formula is C17H26N2O. The number of aryl methyl sites for hydroxylation is 1. The highest BCUT2D eigenvalue weighted by atomic mass is 16.1. The Kier molecular flexibility index (Phi) is 5.18. The number of rotatable bonds is 4. The molecule has 1 fully saturated rings. The maximum absolute atomic E-state index is 12.0. The Morgan fingerprint density at radius 1 is 1.20 bits per heavy atom. The molecule has 3 heteroatoms. The van der Waals surface area contributed by atoms with Gasteiger partial charge in [-0.2, -0.15) is 0 Å². The summed E-state index contributed by atoms with van der Waals surface area (Å²) in [5.74, 6) is 1.44. The number of nitrogens with one attached hydrogen (secondary N) is 2. The van der Waals surface area contributed by atoms with Gasteiger partial charge in [-0.1, -0.05) is 44.4 Å². The lowest BCUT2D eigenvalue weighted by molar-refractivity contribution is -0.115. The van der Waals surface area contributed by atoms with Gasteiger partial charge in [0.2, 0.25) is 5.91 Å². The molecule has 0 radical (unpaired) electrons. The van der Waals surface area contributed by atoms with Crippen molar-refractivity contribution in [1.29, 1.82) is 0 Å². The summed E-state index contributed by atoms with van der Waals surface area (Å²) in [6, 6.07) is 8.38. The lowest BCUT2D eigenvalue weighted by Gasteiger charge is -2.34. The van der Waals surface area contributed by atoms with Crippen molar-refractivity contribution in [2.24, 2.45) is 11.8 Å². The van der Waals surface area contributed by atoms with Crippen molar-refractivity contribution < 1.29 is 4.79 Å². The summed E-state index contributed by atoms with van der Waals surface area (Å²) in [7, 11) is 0. The van der Waals surface area contributed by atoms with Crippen LogP contribution in [0.3, 0.4) is 0 Å². The number of hydrogen-bond donors (Lipinski definition) is 2. The van der Waals surface area contributed by atoms with E-state index in [1.807, 2.05) is 31.2 Å². The quantitative estimate of drug-likeness (QED) is 0.884. The fourth-order valence-electron chi connectivity index (χ4n) is 2.94. The van der Waals surface area contributed by atoms with Gasteiger partial charge < -0.3 is 10.6 Å². The summed E-state index contributed by atoms with van der Waals surface area (Å²) >= 11 is 0. The number of benzene rings is 1. The van der Waals surface area contributed by atoms with Gasteiger partial charge >= 0.3 is 0 Å². The van der Waals surface area contributed by atoms with Gasteiger partial charge in [0.15, 0.2) is 0 Å². The maximum Gasteiger partial charge on any atom is 0.238 e. The van der Waals surface area contributed by atoms with Crippen LogP contribution in [0.5, 0.6) is 0 Å². The topological polar surface area (TPSA) is 41.1 Å². The van der Waals surface area contributed by atoms with Crippen LogP contribution in [0, 0.1) is 18.8 Å². The number of carbonyl (C=O) groups excluding carboxylic acids is 1. The molecule has 110 valence electrons. The molecule has 0 heterocycles. The van der Waals surface area contributed by atoms with E-state index >= 15 is 0 Å². The maximum atomic E-state index is 12.0. The molecule has 20 heavy (non-hydrogen) atoms. The van der Waals surface area contributed by atoms with Crippen LogP contribution in [-0.2, 0) is 4.79 Å². The van der Waals surface area contributed by atoms with E-state index in [1.165, 1.54) is 24.8 Å². The Balaban J connectivity index is 1.78. The van der Waals surface area contributed by atoms with E-state index < -0.39 is 0 Å². The third-order valence-electron chi connectivity index (χ3n) is 4.57. The zero-order chi connectivity index (χ0) is 14.5. The van der Waals surface area contributed by atoms with Crippen molar-refractivity contribution in [3.05, 3.63) is 29.8 Å². The molecule has 1 aliphatic rings. The van der Waals surface area contributed by atoms with Crippen molar-refractivity contribution >= 4 is 11.6 Å². The summed E-state index contributed by atoms with van der Waals surface area (Å²) in [5, 5.41) is 6.35. The lowest BCUT2D eigenvalue weighted by atomic mass is 9.78. The molecule has 1 amide bonds. The Labute approximate surface area is 122 Å². The van der Waals surface area contributed by atoms with E-state index in [9.17, 15) is 4.79 Å². The van der Waals surface area contributed by atoms with E-state index in [0.717, 1.165) is 11.6 Å². The molecule has 2 rings (SSSR count). The minimum absolute atomic E-state index is 0.0410. The van der Waals surface area contributed by atoms with Crippen molar-refractivity contribution in [3.8, 4) is 0 Å². The standard InChI is InChI=1S/C17H26N2O/c1-12-7-9-15(10-8-12)19-17(20)11-18-16-6-4-5-13(2)14(16)3/h7-10,13-14,16,18H,4-6,11H2,1-3H3,(H,19,20). The average Bonchev–Trinajstić information content (AvgIpc) is 2.43. The predicted molar refractivity (Wildman–Crippen MR) is 83.8 cm³/mol. The smallest absolute Gasteiger partial charge is 0.238 e. The van der Waals surface area contributed by atoms with Crippen LogP contribution in [0.1, 0.15) is 38.7 Å².